The first-order valence-electron chi connectivity index (χ1n) is 8.21. The summed E-state index contributed by atoms with van der Waals surface area (Å²) in [5, 5.41) is 9.19. The Balaban J connectivity index is 1.73. The zero-order valence-corrected chi connectivity index (χ0v) is 15.5. The summed E-state index contributed by atoms with van der Waals surface area (Å²) in [4.78, 5) is 12.6. The number of benzene rings is 2. The first-order valence-corrected chi connectivity index (χ1v) is 9.20. The highest BCUT2D eigenvalue weighted by Crippen LogP contribution is 2.21. The molecule has 0 atom stereocenters. The van der Waals surface area contributed by atoms with Gasteiger partial charge in [-0.05, 0) is 38.0 Å². The highest BCUT2D eigenvalue weighted by molar-refractivity contribution is 7.99. The standard InChI is InChI=1S/C20H21N3OS/c1-14-9-10-15(2)18(11-14)19(24)13-25-20-22-21-16(3)23(20)12-17-7-5-4-6-8-17/h4-11H,12-13H2,1-3H3. The summed E-state index contributed by atoms with van der Waals surface area (Å²) in [7, 11) is 0. The van der Waals surface area contributed by atoms with Gasteiger partial charge in [0.2, 0.25) is 0 Å². The summed E-state index contributed by atoms with van der Waals surface area (Å²) < 4.78 is 2.05. The Morgan fingerprint density at radius 1 is 1.04 bits per heavy atom. The van der Waals surface area contributed by atoms with Gasteiger partial charge in [-0.3, -0.25) is 4.79 Å². The van der Waals surface area contributed by atoms with Gasteiger partial charge in [-0.25, -0.2) is 0 Å². The Hall–Kier alpha value is -2.40. The molecule has 128 valence electrons. The van der Waals surface area contributed by atoms with Crippen molar-refractivity contribution in [2.75, 3.05) is 5.75 Å². The number of hydrogen-bond acceptors (Lipinski definition) is 4. The van der Waals surface area contributed by atoms with Crippen molar-refractivity contribution in [3.05, 3.63) is 76.6 Å². The minimum Gasteiger partial charge on any atom is -0.302 e. The van der Waals surface area contributed by atoms with Crippen LogP contribution in [0.15, 0.2) is 53.7 Å². The van der Waals surface area contributed by atoms with Crippen molar-refractivity contribution in [2.24, 2.45) is 0 Å². The predicted molar refractivity (Wildman–Crippen MR) is 101 cm³/mol. The molecule has 0 aliphatic carbocycles. The van der Waals surface area contributed by atoms with Crippen LogP contribution in [-0.2, 0) is 6.54 Å². The van der Waals surface area contributed by atoms with E-state index < -0.39 is 0 Å². The molecule has 0 unspecified atom stereocenters. The molecule has 1 heterocycles. The van der Waals surface area contributed by atoms with Gasteiger partial charge in [0.15, 0.2) is 10.9 Å². The number of thioether (sulfide) groups is 1. The molecule has 0 saturated heterocycles. The van der Waals surface area contributed by atoms with Crippen molar-refractivity contribution in [1.82, 2.24) is 14.8 Å². The molecular weight excluding hydrogens is 330 g/mol. The van der Waals surface area contributed by atoms with E-state index in [4.69, 9.17) is 0 Å². The highest BCUT2D eigenvalue weighted by atomic mass is 32.2. The van der Waals surface area contributed by atoms with Crippen molar-refractivity contribution < 1.29 is 4.79 Å². The van der Waals surface area contributed by atoms with Gasteiger partial charge in [0.1, 0.15) is 5.82 Å². The summed E-state index contributed by atoms with van der Waals surface area (Å²) in [6.07, 6.45) is 0. The fraction of sp³-hybridized carbons (Fsp3) is 0.250. The highest BCUT2D eigenvalue weighted by Gasteiger charge is 2.14. The maximum Gasteiger partial charge on any atom is 0.191 e. The van der Waals surface area contributed by atoms with Gasteiger partial charge in [0, 0.05) is 5.56 Å². The SMILES string of the molecule is Cc1ccc(C)c(C(=O)CSc2nnc(C)n2Cc2ccccc2)c1. The lowest BCUT2D eigenvalue weighted by Gasteiger charge is -2.09. The monoisotopic (exact) mass is 351 g/mol. The Morgan fingerprint density at radius 2 is 1.80 bits per heavy atom. The molecule has 5 heteroatoms. The average molecular weight is 351 g/mol. The summed E-state index contributed by atoms with van der Waals surface area (Å²) >= 11 is 1.44. The van der Waals surface area contributed by atoms with Gasteiger partial charge >= 0.3 is 0 Å². The Kier molecular flexibility index (Phi) is 5.34. The van der Waals surface area contributed by atoms with Crippen LogP contribution in [0, 0.1) is 20.8 Å². The maximum absolute atomic E-state index is 12.6. The summed E-state index contributed by atoms with van der Waals surface area (Å²) in [5.74, 6) is 1.33. The second-order valence-corrected chi connectivity index (χ2v) is 7.07. The van der Waals surface area contributed by atoms with Gasteiger partial charge < -0.3 is 4.57 Å². The number of carbonyl (C=O) groups excluding carboxylic acids is 1. The van der Waals surface area contributed by atoms with Crippen LogP contribution in [0.4, 0.5) is 0 Å². The first-order chi connectivity index (χ1) is 12.0. The molecule has 0 bridgehead atoms. The zero-order chi connectivity index (χ0) is 17.8. The smallest absolute Gasteiger partial charge is 0.191 e. The van der Waals surface area contributed by atoms with Crippen molar-refractivity contribution in [3.8, 4) is 0 Å². The molecule has 0 N–H and O–H groups in total. The van der Waals surface area contributed by atoms with E-state index in [0.717, 1.165) is 27.7 Å². The number of hydrogen-bond donors (Lipinski definition) is 0. The molecule has 3 aromatic rings. The molecular formula is C20H21N3OS. The lowest BCUT2D eigenvalue weighted by Crippen LogP contribution is -2.08. The van der Waals surface area contributed by atoms with Crippen LogP contribution >= 0.6 is 11.8 Å². The van der Waals surface area contributed by atoms with Gasteiger partial charge in [-0.15, -0.1) is 10.2 Å². The van der Waals surface area contributed by atoms with E-state index >= 15 is 0 Å². The first kappa shape index (κ1) is 17.4. The quantitative estimate of drug-likeness (QED) is 0.493. The second-order valence-electron chi connectivity index (χ2n) is 6.13. The second kappa shape index (κ2) is 7.66. The number of aryl methyl sites for hydroxylation is 3. The average Bonchev–Trinajstić information content (AvgIpc) is 2.96. The number of Topliss-reactive ketones (excluding diaryl/α,β-unsaturated/α-hetero) is 1. The third-order valence-electron chi connectivity index (χ3n) is 4.11. The number of aromatic nitrogens is 3. The topological polar surface area (TPSA) is 47.8 Å². The van der Waals surface area contributed by atoms with E-state index in [1.807, 2.05) is 57.2 Å². The molecule has 0 aliphatic rings. The molecule has 0 aliphatic heterocycles. The molecule has 0 spiro atoms. The Bertz CT molecular complexity index is 887. The third-order valence-corrected chi connectivity index (χ3v) is 5.08. The molecule has 25 heavy (non-hydrogen) atoms. The van der Waals surface area contributed by atoms with E-state index in [1.54, 1.807) is 0 Å². The molecule has 0 amide bonds. The molecule has 4 nitrogen and oxygen atoms in total. The van der Waals surface area contributed by atoms with Crippen LogP contribution in [0.25, 0.3) is 0 Å². The number of carbonyl (C=O) groups is 1. The van der Waals surface area contributed by atoms with Crippen LogP contribution in [-0.4, -0.2) is 26.3 Å². The van der Waals surface area contributed by atoms with Crippen LogP contribution in [0.1, 0.15) is 32.9 Å². The molecule has 1 aromatic heterocycles. The zero-order valence-electron chi connectivity index (χ0n) is 14.7. The summed E-state index contributed by atoms with van der Waals surface area (Å²) in [6.45, 7) is 6.62. The van der Waals surface area contributed by atoms with E-state index in [1.165, 1.54) is 17.3 Å². The van der Waals surface area contributed by atoms with E-state index in [-0.39, 0.29) is 5.78 Å². The third kappa shape index (κ3) is 4.17. The molecule has 3 rings (SSSR count). The van der Waals surface area contributed by atoms with Crippen molar-refractivity contribution in [3.63, 3.8) is 0 Å². The van der Waals surface area contributed by atoms with Gasteiger partial charge in [-0.1, -0.05) is 59.8 Å². The van der Waals surface area contributed by atoms with E-state index in [2.05, 4.69) is 26.9 Å². The van der Waals surface area contributed by atoms with Gasteiger partial charge in [0.05, 0.1) is 12.3 Å². The van der Waals surface area contributed by atoms with Gasteiger partial charge in [0.25, 0.3) is 0 Å². The fourth-order valence-electron chi connectivity index (χ4n) is 2.66. The minimum atomic E-state index is 0.123. The fourth-order valence-corrected chi connectivity index (χ4v) is 3.53. The van der Waals surface area contributed by atoms with E-state index in [0.29, 0.717) is 12.3 Å². The van der Waals surface area contributed by atoms with Crippen molar-refractivity contribution >= 4 is 17.5 Å². The van der Waals surface area contributed by atoms with Gasteiger partial charge in [-0.2, -0.15) is 0 Å². The molecule has 0 fully saturated rings. The predicted octanol–water partition coefficient (Wildman–Crippen LogP) is 4.23. The number of rotatable bonds is 6. The molecule has 2 aromatic carbocycles. The molecule has 0 saturated carbocycles. The molecule has 0 radical (unpaired) electrons. The van der Waals surface area contributed by atoms with Crippen LogP contribution < -0.4 is 0 Å². The lowest BCUT2D eigenvalue weighted by molar-refractivity contribution is 0.102. The number of ketones is 1. The number of nitrogens with zero attached hydrogens (tertiary/aromatic N) is 3. The summed E-state index contributed by atoms with van der Waals surface area (Å²) in [5.41, 5.74) is 4.09. The van der Waals surface area contributed by atoms with Crippen LogP contribution in [0.2, 0.25) is 0 Å². The lowest BCUT2D eigenvalue weighted by atomic mass is 10.0. The van der Waals surface area contributed by atoms with E-state index in [9.17, 15) is 4.79 Å². The normalized spacial score (nSPS) is 10.8. The largest absolute Gasteiger partial charge is 0.302 e. The van der Waals surface area contributed by atoms with Crippen LogP contribution in [0.3, 0.4) is 0 Å². The minimum absolute atomic E-state index is 0.123. The van der Waals surface area contributed by atoms with Crippen LogP contribution in [0.5, 0.6) is 0 Å². The summed E-state index contributed by atoms with van der Waals surface area (Å²) in [6, 6.07) is 16.2. The maximum atomic E-state index is 12.6. The van der Waals surface area contributed by atoms with Crippen molar-refractivity contribution in [1.29, 1.82) is 0 Å². The Morgan fingerprint density at radius 3 is 2.56 bits per heavy atom. The Labute approximate surface area is 152 Å². The van der Waals surface area contributed by atoms with Crippen molar-refractivity contribution in [2.45, 2.75) is 32.5 Å².